The van der Waals surface area contributed by atoms with Crippen molar-refractivity contribution in [3.8, 4) is 0 Å². The van der Waals surface area contributed by atoms with Crippen LogP contribution in [0.3, 0.4) is 0 Å². The molecule has 2 aliphatic rings. The molecule has 4 nitrogen and oxygen atoms in total. The minimum absolute atomic E-state index is 0.0399. The lowest BCUT2D eigenvalue weighted by Gasteiger charge is -2.33. The van der Waals surface area contributed by atoms with Crippen LogP contribution in [-0.2, 0) is 25.6 Å². The highest BCUT2D eigenvalue weighted by atomic mass is 16.8. The molecule has 3 rings (SSSR count). The van der Waals surface area contributed by atoms with E-state index in [0.29, 0.717) is 6.61 Å². The summed E-state index contributed by atoms with van der Waals surface area (Å²) in [5.41, 5.74) is 1.15. The Morgan fingerprint density at radius 3 is 2.75 bits per heavy atom. The smallest absolute Gasteiger partial charge is 0.185 e. The molecule has 0 unspecified atom stereocenters. The standard InChI is InChI=1S/C16H20O4/c1-3-12-15-13(9-14(17-2)16(19-12)20-15)18-10-11-7-5-4-6-8-11/h3-8,12-16H,1,9-10H2,2H3/t12-,13+,14-,15+,16+/m1/s1. The van der Waals surface area contributed by atoms with Gasteiger partial charge >= 0.3 is 0 Å². The zero-order valence-corrected chi connectivity index (χ0v) is 11.6. The molecule has 2 aliphatic heterocycles. The summed E-state index contributed by atoms with van der Waals surface area (Å²) in [6, 6.07) is 10.1. The summed E-state index contributed by atoms with van der Waals surface area (Å²) >= 11 is 0. The van der Waals surface area contributed by atoms with Crippen LogP contribution >= 0.6 is 0 Å². The van der Waals surface area contributed by atoms with Crippen molar-refractivity contribution >= 4 is 0 Å². The van der Waals surface area contributed by atoms with Crippen LogP contribution in [0.4, 0.5) is 0 Å². The van der Waals surface area contributed by atoms with Crippen molar-refractivity contribution in [1.29, 1.82) is 0 Å². The summed E-state index contributed by atoms with van der Waals surface area (Å²) in [6.07, 6.45) is 1.92. The molecule has 0 amide bonds. The van der Waals surface area contributed by atoms with Crippen molar-refractivity contribution < 1.29 is 18.9 Å². The van der Waals surface area contributed by atoms with Gasteiger partial charge in [-0.15, -0.1) is 6.58 Å². The van der Waals surface area contributed by atoms with Crippen molar-refractivity contribution in [1.82, 2.24) is 0 Å². The maximum atomic E-state index is 6.03. The number of benzene rings is 1. The summed E-state index contributed by atoms with van der Waals surface area (Å²) in [5, 5.41) is 0. The molecule has 1 aromatic rings. The monoisotopic (exact) mass is 276 g/mol. The van der Waals surface area contributed by atoms with E-state index in [1.54, 1.807) is 13.2 Å². The van der Waals surface area contributed by atoms with E-state index in [1.165, 1.54) is 0 Å². The third kappa shape index (κ3) is 2.65. The van der Waals surface area contributed by atoms with Gasteiger partial charge in [-0.2, -0.15) is 0 Å². The highest BCUT2D eigenvalue weighted by Crippen LogP contribution is 2.35. The Balaban J connectivity index is 1.66. The summed E-state index contributed by atoms with van der Waals surface area (Å²) in [6.45, 7) is 4.37. The van der Waals surface area contributed by atoms with Gasteiger partial charge in [0.25, 0.3) is 0 Å². The molecule has 0 radical (unpaired) electrons. The number of rotatable bonds is 5. The van der Waals surface area contributed by atoms with Gasteiger partial charge in [-0.3, -0.25) is 0 Å². The minimum Gasteiger partial charge on any atom is -0.376 e. The van der Waals surface area contributed by atoms with Crippen LogP contribution in [0.5, 0.6) is 0 Å². The van der Waals surface area contributed by atoms with E-state index in [-0.39, 0.29) is 30.7 Å². The Labute approximate surface area is 119 Å². The Morgan fingerprint density at radius 2 is 2.05 bits per heavy atom. The van der Waals surface area contributed by atoms with Crippen molar-refractivity contribution in [3.63, 3.8) is 0 Å². The maximum absolute atomic E-state index is 6.03. The molecule has 1 aromatic carbocycles. The Morgan fingerprint density at radius 1 is 1.25 bits per heavy atom. The molecule has 4 heteroatoms. The molecule has 108 valence electrons. The third-order valence-corrected chi connectivity index (χ3v) is 3.88. The van der Waals surface area contributed by atoms with Gasteiger partial charge in [-0.1, -0.05) is 36.4 Å². The lowest BCUT2D eigenvalue weighted by molar-refractivity contribution is -0.201. The first-order chi connectivity index (χ1) is 9.81. The molecule has 5 atom stereocenters. The van der Waals surface area contributed by atoms with E-state index in [9.17, 15) is 0 Å². The van der Waals surface area contributed by atoms with Crippen LogP contribution in [0, 0.1) is 0 Å². The second kappa shape index (κ2) is 6.06. The number of hydrogen-bond donors (Lipinski definition) is 0. The highest BCUT2D eigenvalue weighted by molar-refractivity contribution is 5.13. The van der Waals surface area contributed by atoms with Gasteiger partial charge in [-0.05, 0) is 5.56 Å². The molecule has 0 N–H and O–H groups in total. The number of fused-ring (bicyclic) bond motifs is 2. The topological polar surface area (TPSA) is 36.9 Å². The van der Waals surface area contributed by atoms with Crippen LogP contribution in [-0.4, -0.2) is 37.8 Å². The van der Waals surface area contributed by atoms with Gasteiger partial charge in [0, 0.05) is 13.5 Å². The van der Waals surface area contributed by atoms with Crippen molar-refractivity contribution in [3.05, 3.63) is 48.6 Å². The molecular formula is C16H20O4. The molecule has 2 heterocycles. The summed E-state index contributed by atoms with van der Waals surface area (Å²) in [5.74, 6) is 0. The number of ether oxygens (including phenoxy) is 4. The molecule has 2 saturated heterocycles. The molecule has 0 aromatic heterocycles. The zero-order valence-electron chi connectivity index (χ0n) is 11.6. The van der Waals surface area contributed by atoms with Crippen molar-refractivity contribution in [2.75, 3.05) is 7.11 Å². The van der Waals surface area contributed by atoms with Gasteiger partial charge in [0.05, 0.1) is 12.7 Å². The first-order valence-electron chi connectivity index (χ1n) is 6.93. The fraction of sp³-hybridized carbons (Fsp3) is 0.500. The van der Waals surface area contributed by atoms with Gasteiger partial charge in [-0.25, -0.2) is 0 Å². The van der Waals surface area contributed by atoms with Crippen LogP contribution < -0.4 is 0 Å². The lowest BCUT2D eigenvalue weighted by atomic mass is 10.0. The minimum atomic E-state index is -0.301. The highest BCUT2D eigenvalue weighted by Gasteiger charge is 2.49. The molecule has 2 fully saturated rings. The number of hydrogen-bond acceptors (Lipinski definition) is 4. The van der Waals surface area contributed by atoms with Gasteiger partial charge < -0.3 is 18.9 Å². The van der Waals surface area contributed by atoms with Crippen LogP contribution in [0.2, 0.25) is 0 Å². The van der Waals surface area contributed by atoms with Crippen molar-refractivity contribution in [2.45, 2.75) is 43.7 Å². The molecule has 0 saturated carbocycles. The van der Waals surface area contributed by atoms with Crippen LogP contribution in [0.15, 0.2) is 43.0 Å². The summed E-state index contributed by atoms with van der Waals surface area (Å²) < 4.78 is 23.1. The van der Waals surface area contributed by atoms with E-state index in [4.69, 9.17) is 18.9 Å². The fourth-order valence-electron chi connectivity index (χ4n) is 2.78. The fourth-order valence-corrected chi connectivity index (χ4v) is 2.78. The first kappa shape index (κ1) is 13.8. The number of methoxy groups -OCH3 is 1. The summed E-state index contributed by atoms with van der Waals surface area (Å²) in [7, 11) is 1.67. The zero-order chi connectivity index (χ0) is 13.9. The maximum Gasteiger partial charge on any atom is 0.185 e. The first-order valence-corrected chi connectivity index (χ1v) is 6.93. The Hall–Kier alpha value is -1.20. The Bertz CT molecular complexity index is 447. The Kier molecular flexibility index (Phi) is 4.17. The van der Waals surface area contributed by atoms with Gasteiger partial charge in [0.2, 0.25) is 0 Å². The molecule has 0 aliphatic carbocycles. The van der Waals surface area contributed by atoms with E-state index < -0.39 is 0 Å². The van der Waals surface area contributed by atoms with Gasteiger partial charge in [0.15, 0.2) is 6.29 Å². The quantitative estimate of drug-likeness (QED) is 0.773. The third-order valence-electron chi connectivity index (χ3n) is 3.88. The van der Waals surface area contributed by atoms with E-state index in [0.717, 1.165) is 12.0 Å². The summed E-state index contributed by atoms with van der Waals surface area (Å²) in [4.78, 5) is 0. The average Bonchev–Trinajstić information content (AvgIpc) is 2.87. The predicted molar refractivity (Wildman–Crippen MR) is 74.2 cm³/mol. The molecule has 0 spiro atoms. The van der Waals surface area contributed by atoms with E-state index >= 15 is 0 Å². The van der Waals surface area contributed by atoms with Crippen molar-refractivity contribution in [2.24, 2.45) is 0 Å². The second-order valence-electron chi connectivity index (χ2n) is 5.15. The predicted octanol–water partition coefficient (Wildman–Crippen LogP) is 2.29. The average molecular weight is 276 g/mol. The van der Waals surface area contributed by atoms with Crippen LogP contribution in [0.1, 0.15) is 12.0 Å². The molecule has 20 heavy (non-hydrogen) atoms. The van der Waals surface area contributed by atoms with Gasteiger partial charge in [0.1, 0.15) is 18.3 Å². The van der Waals surface area contributed by atoms with E-state index in [1.807, 2.05) is 18.2 Å². The second-order valence-corrected chi connectivity index (χ2v) is 5.15. The molecular weight excluding hydrogens is 256 g/mol. The normalized spacial score (nSPS) is 36.0. The largest absolute Gasteiger partial charge is 0.376 e. The lowest BCUT2D eigenvalue weighted by Crippen LogP contribution is -2.45. The van der Waals surface area contributed by atoms with Crippen LogP contribution in [0.25, 0.3) is 0 Å². The molecule has 2 bridgehead atoms. The van der Waals surface area contributed by atoms with E-state index in [2.05, 4.69) is 18.7 Å². The SMILES string of the molecule is C=C[C@H]1O[C@H]2O[C@@H]1[C@@H](OCc1ccccc1)C[C@H]2OC.